The van der Waals surface area contributed by atoms with E-state index in [0.29, 0.717) is 13.2 Å². The highest BCUT2D eigenvalue weighted by atomic mass is 16.5. The van der Waals surface area contributed by atoms with Crippen molar-refractivity contribution in [2.45, 2.75) is 32.6 Å². The number of esters is 1. The highest BCUT2D eigenvalue weighted by Crippen LogP contribution is 2.47. The summed E-state index contributed by atoms with van der Waals surface area (Å²) in [4.78, 5) is 17.4. The molecule has 21 heavy (non-hydrogen) atoms. The molecule has 0 spiro atoms. The van der Waals surface area contributed by atoms with Gasteiger partial charge in [0, 0.05) is 5.71 Å². The number of fused-ring (bicyclic) bond motifs is 1. The van der Waals surface area contributed by atoms with Crippen molar-refractivity contribution in [2.75, 3.05) is 13.2 Å². The molecule has 1 aromatic carbocycles. The molecule has 0 bridgehead atoms. The molecule has 1 heterocycles. The second-order valence-electron chi connectivity index (χ2n) is 5.60. The maximum absolute atomic E-state index is 12.8. The van der Waals surface area contributed by atoms with E-state index in [9.17, 15) is 4.79 Å². The van der Waals surface area contributed by atoms with E-state index < -0.39 is 5.41 Å². The second kappa shape index (κ2) is 5.84. The van der Waals surface area contributed by atoms with Crippen molar-refractivity contribution in [2.24, 2.45) is 10.4 Å². The molecule has 3 heteroatoms. The fourth-order valence-corrected chi connectivity index (χ4v) is 3.53. The van der Waals surface area contributed by atoms with Crippen molar-refractivity contribution in [3.8, 4) is 0 Å². The van der Waals surface area contributed by atoms with Gasteiger partial charge in [0.1, 0.15) is 5.41 Å². The van der Waals surface area contributed by atoms with Gasteiger partial charge >= 0.3 is 5.97 Å². The van der Waals surface area contributed by atoms with Crippen molar-refractivity contribution in [1.82, 2.24) is 0 Å². The lowest BCUT2D eigenvalue weighted by Crippen LogP contribution is -2.45. The first-order valence-corrected chi connectivity index (χ1v) is 7.76. The number of carbonyl (C=O) groups excluding carboxylic acids is 1. The van der Waals surface area contributed by atoms with Crippen molar-refractivity contribution >= 4 is 17.3 Å². The average Bonchev–Trinajstić information content (AvgIpc) is 2.55. The van der Waals surface area contributed by atoms with Crippen LogP contribution in [-0.2, 0) is 9.53 Å². The van der Waals surface area contributed by atoms with Crippen LogP contribution >= 0.6 is 0 Å². The quantitative estimate of drug-likeness (QED) is 0.794. The average molecular weight is 283 g/mol. The largest absolute Gasteiger partial charge is 0.465 e. The Bertz CT molecular complexity index is 588. The first-order chi connectivity index (χ1) is 10.3. The molecule has 1 fully saturated rings. The summed E-state index contributed by atoms with van der Waals surface area (Å²) in [6.45, 7) is 2.94. The molecule has 1 aliphatic heterocycles. The Morgan fingerprint density at radius 2 is 2.10 bits per heavy atom. The third-order valence-corrected chi connectivity index (χ3v) is 4.45. The van der Waals surface area contributed by atoms with Crippen molar-refractivity contribution in [3.05, 3.63) is 42.0 Å². The standard InChI is InChI=1S/C18H21NO2/c1-2-21-17(20)18-12-7-6-10-16(18)19-13-11-15(18)14-8-4-3-5-9-14/h3-5,8-9,11H,2,6-7,10,12-13H2,1H3/t18-/m0/s1. The predicted molar refractivity (Wildman–Crippen MR) is 84.3 cm³/mol. The maximum Gasteiger partial charge on any atom is 0.322 e. The Hall–Kier alpha value is -1.90. The highest BCUT2D eigenvalue weighted by molar-refractivity contribution is 6.18. The van der Waals surface area contributed by atoms with Gasteiger partial charge in [-0.05, 0) is 37.3 Å². The molecule has 3 nitrogen and oxygen atoms in total. The number of ether oxygens (including phenoxy) is 1. The topological polar surface area (TPSA) is 38.7 Å². The van der Waals surface area contributed by atoms with Crippen LogP contribution in [0, 0.1) is 5.41 Å². The monoisotopic (exact) mass is 283 g/mol. The van der Waals surface area contributed by atoms with Gasteiger partial charge in [0.05, 0.1) is 13.2 Å². The molecule has 0 saturated heterocycles. The summed E-state index contributed by atoms with van der Waals surface area (Å²) in [6.07, 6.45) is 5.97. The number of carbonyl (C=O) groups is 1. The lowest BCUT2D eigenvalue weighted by atomic mass is 9.64. The van der Waals surface area contributed by atoms with Crippen LogP contribution in [-0.4, -0.2) is 24.8 Å². The van der Waals surface area contributed by atoms with Crippen molar-refractivity contribution in [1.29, 1.82) is 0 Å². The number of benzene rings is 1. The number of aliphatic imine (C=N–C) groups is 1. The van der Waals surface area contributed by atoms with E-state index in [-0.39, 0.29) is 5.97 Å². The summed E-state index contributed by atoms with van der Waals surface area (Å²) in [5.74, 6) is -0.127. The molecule has 0 amide bonds. The van der Waals surface area contributed by atoms with Crippen LogP contribution in [0.1, 0.15) is 38.2 Å². The van der Waals surface area contributed by atoms with Gasteiger partial charge in [-0.2, -0.15) is 0 Å². The molecule has 1 saturated carbocycles. The van der Waals surface area contributed by atoms with Crippen LogP contribution in [0.4, 0.5) is 0 Å². The summed E-state index contributed by atoms with van der Waals surface area (Å²) in [5, 5.41) is 0. The number of hydrogen-bond acceptors (Lipinski definition) is 3. The van der Waals surface area contributed by atoms with Gasteiger partial charge in [-0.15, -0.1) is 0 Å². The van der Waals surface area contributed by atoms with Crippen LogP contribution in [0.2, 0.25) is 0 Å². The first-order valence-electron chi connectivity index (χ1n) is 7.76. The van der Waals surface area contributed by atoms with Gasteiger partial charge in [-0.3, -0.25) is 9.79 Å². The minimum absolute atomic E-state index is 0.127. The molecule has 0 unspecified atom stereocenters. The van der Waals surface area contributed by atoms with Crippen LogP contribution in [0.15, 0.2) is 41.4 Å². The molecule has 110 valence electrons. The zero-order chi connectivity index (χ0) is 14.7. The Morgan fingerprint density at radius 3 is 2.86 bits per heavy atom. The maximum atomic E-state index is 12.8. The zero-order valence-electron chi connectivity index (χ0n) is 12.5. The highest BCUT2D eigenvalue weighted by Gasteiger charge is 2.50. The molecular formula is C18H21NO2. The van der Waals surface area contributed by atoms with E-state index in [1.54, 1.807) is 0 Å². The lowest BCUT2D eigenvalue weighted by molar-refractivity contribution is -0.149. The SMILES string of the molecule is CCOC(=O)[C@]12CCCCC1=NCC=C2c1ccccc1. The van der Waals surface area contributed by atoms with E-state index in [4.69, 9.17) is 4.74 Å². The third kappa shape index (κ3) is 2.31. The Morgan fingerprint density at radius 1 is 1.29 bits per heavy atom. The van der Waals surface area contributed by atoms with Gasteiger partial charge < -0.3 is 4.74 Å². The van der Waals surface area contributed by atoms with Crippen molar-refractivity contribution < 1.29 is 9.53 Å². The first kappa shape index (κ1) is 14.1. The summed E-state index contributed by atoms with van der Waals surface area (Å²) >= 11 is 0. The number of hydrogen-bond donors (Lipinski definition) is 0. The van der Waals surface area contributed by atoms with E-state index in [1.807, 2.05) is 25.1 Å². The fraction of sp³-hybridized carbons (Fsp3) is 0.444. The Labute approximate surface area is 125 Å². The summed E-state index contributed by atoms with van der Waals surface area (Å²) in [6, 6.07) is 10.2. The van der Waals surface area contributed by atoms with Crippen LogP contribution in [0.25, 0.3) is 5.57 Å². The molecule has 2 aliphatic rings. The Kier molecular flexibility index (Phi) is 3.91. The van der Waals surface area contributed by atoms with Crippen LogP contribution in [0.5, 0.6) is 0 Å². The smallest absolute Gasteiger partial charge is 0.322 e. The zero-order valence-corrected chi connectivity index (χ0v) is 12.5. The van der Waals surface area contributed by atoms with E-state index in [1.165, 1.54) is 0 Å². The van der Waals surface area contributed by atoms with Gasteiger partial charge in [-0.25, -0.2) is 0 Å². The molecular weight excluding hydrogens is 262 g/mol. The summed E-state index contributed by atoms with van der Waals surface area (Å²) < 4.78 is 5.43. The van der Waals surface area contributed by atoms with Crippen molar-refractivity contribution in [3.63, 3.8) is 0 Å². The molecule has 1 aliphatic carbocycles. The normalized spacial score (nSPS) is 24.6. The fourth-order valence-electron chi connectivity index (χ4n) is 3.53. The lowest BCUT2D eigenvalue weighted by Gasteiger charge is -2.40. The molecule has 1 aromatic rings. The molecule has 0 radical (unpaired) electrons. The number of nitrogens with zero attached hydrogens (tertiary/aromatic N) is 1. The van der Waals surface area contributed by atoms with E-state index in [0.717, 1.165) is 42.5 Å². The minimum Gasteiger partial charge on any atom is -0.465 e. The summed E-state index contributed by atoms with van der Waals surface area (Å²) in [7, 11) is 0. The molecule has 1 atom stereocenters. The third-order valence-electron chi connectivity index (χ3n) is 4.45. The minimum atomic E-state index is -0.645. The Balaban J connectivity index is 2.09. The molecule has 3 rings (SSSR count). The van der Waals surface area contributed by atoms with Gasteiger partial charge in [0.2, 0.25) is 0 Å². The predicted octanol–water partition coefficient (Wildman–Crippen LogP) is 3.65. The van der Waals surface area contributed by atoms with Crippen LogP contribution < -0.4 is 0 Å². The molecule has 0 N–H and O–H groups in total. The molecule has 0 aromatic heterocycles. The van der Waals surface area contributed by atoms with E-state index >= 15 is 0 Å². The van der Waals surface area contributed by atoms with Gasteiger partial charge in [0.15, 0.2) is 0 Å². The summed E-state index contributed by atoms with van der Waals surface area (Å²) in [5.41, 5.74) is 2.58. The van der Waals surface area contributed by atoms with Gasteiger partial charge in [-0.1, -0.05) is 42.8 Å². The number of rotatable bonds is 3. The number of dihydropyridines is 1. The second-order valence-corrected chi connectivity index (χ2v) is 5.60. The van der Waals surface area contributed by atoms with Crippen LogP contribution in [0.3, 0.4) is 0 Å². The van der Waals surface area contributed by atoms with Gasteiger partial charge in [0.25, 0.3) is 0 Å². The van der Waals surface area contributed by atoms with E-state index in [2.05, 4.69) is 23.2 Å².